The molecular weight excluding hydrogens is 198 g/mol. The molecule has 2 aliphatic heterocycles. The molecule has 2 nitrogen and oxygen atoms in total. The Labute approximate surface area is 100 Å². The summed E-state index contributed by atoms with van der Waals surface area (Å²) in [7, 11) is 0. The number of hydrogen-bond acceptors (Lipinski definition) is 2. The Morgan fingerprint density at radius 2 is 1.94 bits per heavy atom. The van der Waals surface area contributed by atoms with Gasteiger partial charge in [0.1, 0.15) is 0 Å². The minimum absolute atomic E-state index is 0.560. The van der Waals surface area contributed by atoms with E-state index >= 15 is 0 Å². The first-order chi connectivity index (χ1) is 7.59. The molecule has 2 rings (SSSR count). The molecule has 0 amide bonds. The van der Waals surface area contributed by atoms with Gasteiger partial charge in [-0.1, -0.05) is 13.8 Å². The highest BCUT2D eigenvalue weighted by Crippen LogP contribution is 2.35. The van der Waals surface area contributed by atoms with Gasteiger partial charge in [-0.25, -0.2) is 0 Å². The quantitative estimate of drug-likeness (QED) is 0.732. The van der Waals surface area contributed by atoms with Gasteiger partial charge >= 0.3 is 0 Å². The molecule has 2 heterocycles. The number of hydrogen-bond donors (Lipinski definition) is 0. The predicted octanol–water partition coefficient (Wildman–Crippen LogP) is 2.92. The molecule has 2 saturated heterocycles. The maximum atomic E-state index is 5.87. The van der Waals surface area contributed by atoms with E-state index in [0.29, 0.717) is 12.1 Å². The van der Waals surface area contributed by atoms with Gasteiger partial charge in [0.2, 0.25) is 0 Å². The van der Waals surface area contributed by atoms with Crippen LogP contribution in [0.2, 0.25) is 0 Å². The summed E-state index contributed by atoms with van der Waals surface area (Å²) in [6.45, 7) is 11.6. The van der Waals surface area contributed by atoms with Crippen molar-refractivity contribution in [3.63, 3.8) is 0 Å². The van der Waals surface area contributed by atoms with Crippen LogP contribution in [0, 0.1) is 11.8 Å². The Morgan fingerprint density at radius 1 is 1.19 bits per heavy atom. The first-order valence-corrected chi connectivity index (χ1v) is 6.97. The minimum atomic E-state index is 0.560. The number of rotatable bonds is 3. The highest BCUT2D eigenvalue weighted by Gasteiger charge is 2.39. The van der Waals surface area contributed by atoms with Crippen molar-refractivity contribution in [2.45, 2.75) is 65.1 Å². The summed E-state index contributed by atoms with van der Waals surface area (Å²) in [6, 6.07) is 1.45. The molecule has 94 valence electrons. The lowest BCUT2D eigenvalue weighted by Gasteiger charge is -2.30. The van der Waals surface area contributed by atoms with Crippen LogP contribution in [0.1, 0.15) is 47.0 Å². The molecule has 3 atom stereocenters. The van der Waals surface area contributed by atoms with E-state index in [1.807, 2.05) is 0 Å². The Kier molecular flexibility index (Phi) is 3.91. The second-order valence-corrected chi connectivity index (χ2v) is 6.15. The third-order valence-electron chi connectivity index (χ3n) is 4.34. The van der Waals surface area contributed by atoms with E-state index in [2.05, 4.69) is 32.6 Å². The number of ether oxygens (including phenoxy) is 1. The molecule has 0 aromatic carbocycles. The van der Waals surface area contributed by atoms with Crippen molar-refractivity contribution in [1.29, 1.82) is 0 Å². The molecule has 0 bridgehead atoms. The summed E-state index contributed by atoms with van der Waals surface area (Å²) < 4.78 is 5.87. The zero-order valence-electron chi connectivity index (χ0n) is 11.3. The number of nitrogens with zero attached hydrogens (tertiary/aromatic N) is 1. The maximum Gasteiger partial charge on any atom is 0.0616 e. The van der Waals surface area contributed by atoms with E-state index in [-0.39, 0.29) is 0 Å². The van der Waals surface area contributed by atoms with Crippen molar-refractivity contribution < 1.29 is 4.74 Å². The van der Waals surface area contributed by atoms with E-state index < -0.39 is 0 Å². The second-order valence-electron chi connectivity index (χ2n) is 6.15. The average Bonchev–Trinajstić information content (AvgIpc) is 2.86. The first-order valence-electron chi connectivity index (χ1n) is 6.97. The maximum absolute atomic E-state index is 5.87. The lowest BCUT2D eigenvalue weighted by Crippen LogP contribution is -2.38. The molecule has 2 unspecified atom stereocenters. The highest BCUT2D eigenvalue weighted by molar-refractivity contribution is 4.92. The van der Waals surface area contributed by atoms with E-state index in [0.717, 1.165) is 24.5 Å². The van der Waals surface area contributed by atoms with Crippen molar-refractivity contribution in [2.75, 3.05) is 13.2 Å². The zero-order valence-corrected chi connectivity index (χ0v) is 11.3. The smallest absolute Gasteiger partial charge is 0.0616 e. The van der Waals surface area contributed by atoms with Crippen LogP contribution in [0.25, 0.3) is 0 Å². The summed E-state index contributed by atoms with van der Waals surface area (Å²) in [4.78, 5) is 2.69. The normalized spacial score (nSPS) is 36.8. The summed E-state index contributed by atoms with van der Waals surface area (Å²) in [6.07, 6.45) is 4.47. The van der Waals surface area contributed by atoms with Crippen LogP contribution in [-0.4, -0.2) is 36.2 Å². The molecule has 0 aliphatic carbocycles. The van der Waals surface area contributed by atoms with Crippen LogP contribution in [0.3, 0.4) is 0 Å². The molecule has 0 aromatic heterocycles. The van der Waals surface area contributed by atoms with Crippen LogP contribution in [0.4, 0.5) is 0 Å². The molecule has 2 fully saturated rings. The summed E-state index contributed by atoms with van der Waals surface area (Å²) in [5.74, 6) is 1.56. The van der Waals surface area contributed by atoms with Gasteiger partial charge in [-0.2, -0.15) is 0 Å². The van der Waals surface area contributed by atoms with Crippen molar-refractivity contribution >= 4 is 0 Å². The van der Waals surface area contributed by atoms with Gasteiger partial charge in [-0.05, 0) is 44.9 Å². The Bertz CT molecular complexity index is 205. The predicted molar refractivity (Wildman–Crippen MR) is 67.5 cm³/mol. The van der Waals surface area contributed by atoms with Gasteiger partial charge in [-0.15, -0.1) is 0 Å². The topological polar surface area (TPSA) is 12.5 Å². The fourth-order valence-electron chi connectivity index (χ4n) is 3.42. The zero-order chi connectivity index (χ0) is 11.7. The van der Waals surface area contributed by atoms with Crippen LogP contribution >= 0.6 is 0 Å². The van der Waals surface area contributed by atoms with E-state index in [1.54, 1.807) is 0 Å². The van der Waals surface area contributed by atoms with E-state index in [9.17, 15) is 0 Å². The Hall–Kier alpha value is -0.0800. The lowest BCUT2D eigenvalue weighted by atomic mass is 9.93. The van der Waals surface area contributed by atoms with Gasteiger partial charge in [0, 0.05) is 25.2 Å². The van der Waals surface area contributed by atoms with Crippen molar-refractivity contribution in [3.8, 4) is 0 Å². The molecule has 0 radical (unpaired) electrons. The first kappa shape index (κ1) is 12.4. The van der Waals surface area contributed by atoms with E-state index in [1.165, 1.54) is 25.8 Å². The second kappa shape index (κ2) is 5.05. The molecular formula is C14H27NO. The fourth-order valence-corrected chi connectivity index (χ4v) is 3.42. The van der Waals surface area contributed by atoms with Gasteiger partial charge in [-0.3, -0.25) is 4.90 Å². The third-order valence-corrected chi connectivity index (χ3v) is 4.34. The molecule has 0 saturated carbocycles. The van der Waals surface area contributed by atoms with Gasteiger partial charge in [0.15, 0.2) is 0 Å². The highest BCUT2D eigenvalue weighted by atomic mass is 16.5. The number of likely N-dealkylation sites (tertiary alicyclic amines) is 1. The fraction of sp³-hybridized carbons (Fsp3) is 1.00. The average molecular weight is 225 g/mol. The van der Waals surface area contributed by atoms with Crippen LogP contribution in [0.15, 0.2) is 0 Å². The Morgan fingerprint density at radius 3 is 2.38 bits per heavy atom. The lowest BCUT2D eigenvalue weighted by molar-refractivity contribution is 0.0642. The molecule has 0 N–H and O–H groups in total. The molecule has 0 aromatic rings. The summed E-state index contributed by atoms with van der Waals surface area (Å²) in [5, 5.41) is 0. The standard InChI is InChI=1S/C14H27NO/c1-10(2)13-8-12(9-15(13)11(3)4)14-6-5-7-16-14/h10-14H,5-9H2,1-4H3/t12?,13-,14?/m0/s1. The van der Waals surface area contributed by atoms with Gasteiger partial charge < -0.3 is 4.74 Å². The summed E-state index contributed by atoms with van der Waals surface area (Å²) in [5.41, 5.74) is 0. The van der Waals surface area contributed by atoms with Crippen LogP contribution in [0.5, 0.6) is 0 Å². The SMILES string of the molecule is CC(C)[C@@H]1CC(C2CCCO2)CN1C(C)C. The monoisotopic (exact) mass is 225 g/mol. The van der Waals surface area contributed by atoms with E-state index in [4.69, 9.17) is 4.74 Å². The van der Waals surface area contributed by atoms with Gasteiger partial charge in [0.05, 0.1) is 6.10 Å². The molecule has 16 heavy (non-hydrogen) atoms. The Balaban J connectivity index is 1.99. The van der Waals surface area contributed by atoms with Gasteiger partial charge in [0.25, 0.3) is 0 Å². The molecule has 0 spiro atoms. The van der Waals surface area contributed by atoms with Crippen molar-refractivity contribution in [1.82, 2.24) is 4.90 Å². The molecule has 2 heteroatoms. The van der Waals surface area contributed by atoms with Crippen LogP contribution in [-0.2, 0) is 4.74 Å². The largest absolute Gasteiger partial charge is 0.378 e. The van der Waals surface area contributed by atoms with Crippen molar-refractivity contribution in [2.24, 2.45) is 11.8 Å². The molecule has 2 aliphatic rings. The minimum Gasteiger partial charge on any atom is -0.378 e. The summed E-state index contributed by atoms with van der Waals surface area (Å²) >= 11 is 0. The van der Waals surface area contributed by atoms with Crippen molar-refractivity contribution in [3.05, 3.63) is 0 Å². The third kappa shape index (κ3) is 2.43. The van der Waals surface area contributed by atoms with Crippen LogP contribution < -0.4 is 0 Å².